The van der Waals surface area contributed by atoms with Crippen molar-refractivity contribution in [2.45, 2.75) is 56.8 Å². The standard InChI is InChI=1S/C19H32N10O6/c1-9(15(31)29-13(18(34)35)5-10-7-24-8-26-10)27-17(33)12(3-2-4-25-19(22)23)28-16(32)11(20)6-14(21)30/h7-9,11-13H,2-6,20H2,1H3,(H2,21,30)(H,24,26)(H,27,33)(H,28,32)(H,29,31)(H,34,35)(H4,22,23,25). The Morgan fingerprint density at radius 2 is 1.71 bits per heavy atom. The highest BCUT2D eigenvalue weighted by molar-refractivity contribution is 5.94. The lowest BCUT2D eigenvalue weighted by Crippen LogP contribution is -2.56. The second-order valence-electron chi connectivity index (χ2n) is 7.70. The molecular weight excluding hydrogens is 464 g/mol. The van der Waals surface area contributed by atoms with Crippen LogP contribution >= 0.6 is 0 Å². The summed E-state index contributed by atoms with van der Waals surface area (Å²) in [5.41, 5.74) is 21.7. The van der Waals surface area contributed by atoms with Crippen molar-refractivity contribution in [3.63, 3.8) is 0 Å². The van der Waals surface area contributed by atoms with Gasteiger partial charge in [-0.05, 0) is 19.8 Å². The predicted molar refractivity (Wildman–Crippen MR) is 123 cm³/mol. The van der Waals surface area contributed by atoms with E-state index >= 15 is 0 Å². The molecule has 0 saturated heterocycles. The van der Waals surface area contributed by atoms with Crippen LogP contribution in [0.15, 0.2) is 17.5 Å². The summed E-state index contributed by atoms with van der Waals surface area (Å²) in [5, 5.41) is 16.6. The molecule has 0 aromatic carbocycles. The SMILES string of the molecule is CC(NC(=O)C(CCCN=C(N)N)NC(=O)C(N)CC(N)=O)C(=O)NC(Cc1cnc[nH]1)C(=O)O. The Bertz CT molecular complexity index is 915. The van der Waals surface area contributed by atoms with Crippen molar-refractivity contribution in [3.05, 3.63) is 18.2 Å². The summed E-state index contributed by atoms with van der Waals surface area (Å²) in [6.07, 6.45) is 2.67. The molecule has 35 heavy (non-hydrogen) atoms. The second kappa shape index (κ2) is 14.1. The molecule has 13 N–H and O–H groups in total. The van der Waals surface area contributed by atoms with E-state index in [-0.39, 0.29) is 31.8 Å². The van der Waals surface area contributed by atoms with E-state index in [1.165, 1.54) is 19.4 Å². The number of primary amides is 1. The zero-order valence-corrected chi connectivity index (χ0v) is 19.2. The van der Waals surface area contributed by atoms with Gasteiger partial charge in [-0.2, -0.15) is 0 Å². The summed E-state index contributed by atoms with van der Waals surface area (Å²) in [6, 6.07) is -4.85. The van der Waals surface area contributed by atoms with Crippen LogP contribution in [0.5, 0.6) is 0 Å². The number of hydrogen-bond acceptors (Lipinski definition) is 8. The van der Waals surface area contributed by atoms with E-state index in [0.717, 1.165) is 0 Å². The highest BCUT2D eigenvalue weighted by atomic mass is 16.4. The number of nitrogens with zero attached hydrogens (tertiary/aromatic N) is 2. The number of carboxylic acid groups (broad SMARTS) is 1. The Labute approximate surface area is 200 Å². The maximum Gasteiger partial charge on any atom is 0.326 e. The van der Waals surface area contributed by atoms with Gasteiger partial charge in [0.25, 0.3) is 0 Å². The molecule has 0 aliphatic carbocycles. The Hall–Kier alpha value is -4.21. The topological polar surface area (TPSA) is 287 Å². The first kappa shape index (κ1) is 28.8. The van der Waals surface area contributed by atoms with Crippen LogP contribution in [0.1, 0.15) is 31.9 Å². The first-order chi connectivity index (χ1) is 16.4. The van der Waals surface area contributed by atoms with Crippen LogP contribution < -0.4 is 38.9 Å². The first-order valence-electron chi connectivity index (χ1n) is 10.6. The highest BCUT2D eigenvalue weighted by Gasteiger charge is 2.28. The Balaban J connectivity index is 2.81. The summed E-state index contributed by atoms with van der Waals surface area (Å²) in [5.74, 6) is -4.52. The minimum Gasteiger partial charge on any atom is -0.480 e. The van der Waals surface area contributed by atoms with Gasteiger partial charge in [0.05, 0.1) is 18.8 Å². The number of guanidine groups is 1. The molecule has 0 spiro atoms. The van der Waals surface area contributed by atoms with Gasteiger partial charge >= 0.3 is 5.97 Å². The van der Waals surface area contributed by atoms with Crippen LogP contribution in [0.3, 0.4) is 0 Å². The number of aliphatic imine (C=N–C) groups is 1. The minimum atomic E-state index is -1.28. The Morgan fingerprint density at radius 3 is 2.26 bits per heavy atom. The van der Waals surface area contributed by atoms with Crippen molar-refractivity contribution in [2.24, 2.45) is 27.9 Å². The number of carbonyl (C=O) groups is 5. The number of nitrogens with one attached hydrogen (secondary N) is 4. The molecule has 4 atom stereocenters. The molecule has 0 aliphatic heterocycles. The first-order valence-corrected chi connectivity index (χ1v) is 10.6. The van der Waals surface area contributed by atoms with Crippen LogP contribution in [-0.4, -0.2) is 81.3 Å². The van der Waals surface area contributed by atoms with E-state index in [4.69, 9.17) is 22.9 Å². The van der Waals surface area contributed by atoms with Gasteiger partial charge in [-0.3, -0.25) is 24.2 Å². The molecule has 194 valence electrons. The fraction of sp³-hybridized carbons (Fsp3) is 0.526. The predicted octanol–water partition coefficient (Wildman–Crippen LogP) is -4.23. The number of aromatic amines is 1. The van der Waals surface area contributed by atoms with E-state index in [2.05, 4.69) is 30.9 Å². The maximum absolute atomic E-state index is 12.8. The van der Waals surface area contributed by atoms with Crippen molar-refractivity contribution in [1.82, 2.24) is 25.9 Å². The Kier molecular flexibility index (Phi) is 11.6. The van der Waals surface area contributed by atoms with Crippen LogP contribution in [0.4, 0.5) is 0 Å². The third kappa shape index (κ3) is 11.0. The number of hydrogen-bond donors (Lipinski definition) is 9. The summed E-state index contributed by atoms with van der Waals surface area (Å²) in [4.78, 5) is 70.4. The van der Waals surface area contributed by atoms with Gasteiger partial charge in [0.1, 0.15) is 18.1 Å². The van der Waals surface area contributed by atoms with E-state index in [1.807, 2.05) is 0 Å². The van der Waals surface area contributed by atoms with Crippen molar-refractivity contribution in [1.29, 1.82) is 0 Å². The number of carbonyl (C=O) groups excluding carboxylic acids is 4. The molecule has 4 amide bonds. The van der Waals surface area contributed by atoms with Crippen molar-refractivity contribution >= 4 is 35.6 Å². The summed E-state index contributed by atoms with van der Waals surface area (Å²) >= 11 is 0. The highest BCUT2D eigenvalue weighted by Crippen LogP contribution is 2.03. The molecule has 0 bridgehead atoms. The van der Waals surface area contributed by atoms with Crippen LogP contribution in [0.2, 0.25) is 0 Å². The number of aliphatic carboxylic acids is 1. The number of H-pyrrole nitrogens is 1. The molecule has 4 unspecified atom stereocenters. The molecule has 0 fully saturated rings. The third-order valence-corrected chi connectivity index (χ3v) is 4.68. The molecule has 1 rings (SSSR count). The van der Waals surface area contributed by atoms with Crippen molar-refractivity contribution in [3.8, 4) is 0 Å². The van der Waals surface area contributed by atoms with E-state index in [0.29, 0.717) is 5.69 Å². The molecule has 1 aromatic rings. The molecule has 1 aromatic heterocycles. The number of carboxylic acids is 1. The fourth-order valence-electron chi connectivity index (χ4n) is 2.85. The molecule has 16 heteroatoms. The fourth-order valence-corrected chi connectivity index (χ4v) is 2.85. The molecule has 0 saturated carbocycles. The van der Waals surface area contributed by atoms with Gasteiger partial charge in [-0.15, -0.1) is 0 Å². The summed E-state index contributed by atoms with van der Waals surface area (Å²) in [7, 11) is 0. The van der Waals surface area contributed by atoms with Gasteiger partial charge in [-0.25, -0.2) is 9.78 Å². The largest absolute Gasteiger partial charge is 0.480 e. The molecule has 0 aliphatic rings. The zero-order chi connectivity index (χ0) is 26.5. The van der Waals surface area contributed by atoms with Crippen LogP contribution in [0.25, 0.3) is 0 Å². The van der Waals surface area contributed by atoms with E-state index in [1.54, 1.807) is 0 Å². The summed E-state index contributed by atoms with van der Waals surface area (Å²) < 4.78 is 0. The van der Waals surface area contributed by atoms with Gasteiger partial charge in [0, 0.05) is 24.9 Å². The monoisotopic (exact) mass is 496 g/mol. The second-order valence-corrected chi connectivity index (χ2v) is 7.70. The maximum atomic E-state index is 12.8. The average molecular weight is 497 g/mol. The van der Waals surface area contributed by atoms with Gasteiger partial charge in [-0.1, -0.05) is 0 Å². The van der Waals surface area contributed by atoms with Crippen LogP contribution in [0, 0.1) is 0 Å². The van der Waals surface area contributed by atoms with Crippen LogP contribution in [-0.2, 0) is 30.4 Å². The lowest BCUT2D eigenvalue weighted by atomic mass is 10.1. The quantitative estimate of drug-likeness (QED) is 0.0640. The van der Waals surface area contributed by atoms with E-state index in [9.17, 15) is 29.1 Å². The molecule has 0 radical (unpaired) electrons. The third-order valence-electron chi connectivity index (χ3n) is 4.68. The smallest absolute Gasteiger partial charge is 0.326 e. The number of rotatable bonds is 15. The van der Waals surface area contributed by atoms with Gasteiger partial charge in [0.15, 0.2) is 5.96 Å². The zero-order valence-electron chi connectivity index (χ0n) is 19.2. The van der Waals surface area contributed by atoms with Gasteiger partial charge in [0.2, 0.25) is 23.6 Å². The lowest BCUT2D eigenvalue weighted by Gasteiger charge is -2.23. The molecule has 1 heterocycles. The van der Waals surface area contributed by atoms with E-state index < -0.39 is 60.2 Å². The number of imidazole rings is 1. The van der Waals surface area contributed by atoms with Crippen molar-refractivity contribution < 1.29 is 29.1 Å². The minimum absolute atomic E-state index is 0.0526. The van der Waals surface area contributed by atoms with Gasteiger partial charge < -0.3 is 49.0 Å². The molecule has 16 nitrogen and oxygen atoms in total. The molecular formula is C19H32N10O6. The number of amides is 4. The van der Waals surface area contributed by atoms with Crippen molar-refractivity contribution in [2.75, 3.05) is 6.54 Å². The normalized spacial score (nSPS) is 14.0. The Morgan fingerprint density at radius 1 is 1.06 bits per heavy atom. The number of aromatic nitrogens is 2. The lowest BCUT2D eigenvalue weighted by molar-refractivity contribution is -0.142. The summed E-state index contributed by atoms with van der Waals surface area (Å²) in [6.45, 7) is 1.51. The number of nitrogens with two attached hydrogens (primary N) is 4. The average Bonchev–Trinajstić information content (AvgIpc) is 3.27.